The first-order valence-electron chi connectivity index (χ1n) is 10.7. The van der Waals surface area contributed by atoms with Gasteiger partial charge in [0.15, 0.2) is 0 Å². The van der Waals surface area contributed by atoms with Crippen LogP contribution in [0, 0.1) is 11.7 Å². The maximum atomic E-state index is 13.2. The Morgan fingerprint density at radius 1 is 1.09 bits per heavy atom. The van der Waals surface area contributed by atoms with E-state index in [0.717, 1.165) is 54.2 Å². The maximum absolute atomic E-state index is 13.2. The first-order chi connectivity index (χ1) is 15.6. The largest absolute Gasteiger partial charge is 0.350 e. The predicted octanol–water partition coefficient (Wildman–Crippen LogP) is 5.75. The van der Waals surface area contributed by atoms with Gasteiger partial charge >= 0.3 is 0 Å². The molecule has 5 rings (SSSR count). The molecule has 2 aliphatic rings. The van der Waals surface area contributed by atoms with Crippen LogP contribution in [0.5, 0.6) is 0 Å². The van der Waals surface area contributed by atoms with E-state index in [1.165, 1.54) is 12.1 Å². The summed E-state index contributed by atoms with van der Waals surface area (Å²) in [6.45, 7) is 2.51. The summed E-state index contributed by atoms with van der Waals surface area (Å²) in [7, 11) is 0. The summed E-state index contributed by atoms with van der Waals surface area (Å²) in [5.74, 6) is 0.781. The van der Waals surface area contributed by atoms with E-state index in [-0.39, 0.29) is 11.7 Å². The van der Waals surface area contributed by atoms with Crippen LogP contribution in [0.3, 0.4) is 0 Å². The molecule has 164 valence electrons. The number of aromatic nitrogens is 2. The highest BCUT2D eigenvalue weighted by Gasteiger charge is 2.35. The number of nitrogens with zero attached hydrogens (tertiary/aromatic N) is 3. The van der Waals surface area contributed by atoms with E-state index in [2.05, 4.69) is 15.6 Å². The van der Waals surface area contributed by atoms with E-state index < -0.39 is 0 Å². The van der Waals surface area contributed by atoms with Gasteiger partial charge in [-0.1, -0.05) is 41.4 Å². The molecule has 32 heavy (non-hydrogen) atoms. The Morgan fingerprint density at radius 3 is 2.59 bits per heavy atom. The highest BCUT2D eigenvalue weighted by molar-refractivity contribution is 6.40. The second-order valence-electron chi connectivity index (χ2n) is 8.18. The van der Waals surface area contributed by atoms with Crippen molar-refractivity contribution in [3.05, 3.63) is 81.3 Å². The molecule has 3 heterocycles. The summed E-state index contributed by atoms with van der Waals surface area (Å²) < 4.78 is 13.2. The van der Waals surface area contributed by atoms with Crippen LogP contribution in [0.15, 0.2) is 53.7 Å². The lowest BCUT2D eigenvalue weighted by Crippen LogP contribution is -2.18. The molecule has 0 bridgehead atoms. The average Bonchev–Trinajstić information content (AvgIpc) is 3.42. The number of hydrogen-bond donors (Lipinski definition) is 2. The van der Waals surface area contributed by atoms with Crippen LogP contribution in [0.2, 0.25) is 10.0 Å². The maximum Gasteiger partial charge on any atom is 0.223 e. The van der Waals surface area contributed by atoms with Gasteiger partial charge in [0.2, 0.25) is 5.95 Å². The second kappa shape index (κ2) is 9.14. The Balaban J connectivity index is 1.45. The highest BCUT2D eigenvalue weighted by atomic mass is 35.5. The van der Waals surface area contributed by atoms with Crippen LogP contribution in [0.4, 0.5) is 16.0 Å². The minimum Gasteiger partial charge on any atom is -0.350 e. The molecular formula is C24H22Cl2FN5. The summed E-state index contributed by atoms with van der Waals surface area (Å²) in [5.41, 5.74) is 4.21. The van der Waals surface area contributed by atoms with E-state index in [1.54, 1.807) is 18.3 Å². The van der Waals surface area contributed by atoms with Gasteiger partial charge in [-0.3, -0.25) is 0 Å². The van der Waals surface area contributed by atoms with Crippen molar-refractivity contribution in [2.75, 3.05) is 18.4 Å². The number of nitrogens with one attached hydrogen (secondary N) is 2. The molecule has 2 aromatic carbocycles. The lowest BCUT2D eigenvalue weighted by Gasteiger charge is -2.19. The minimum atomic E-state index is -0.255. The summed E-state index contributed by atoms with van der Waals surface area (Å²) >= 11 is 13.1. The Morgan fingerprint density at radius 2 is 1.88 bits per heavy atom. The molecule has 5 nitrogen and oxygen atoms in total. The third kappa shape index (κ3) is 4.35. The van der Waals surface area contributed by atoms with Gasteiger partial charge in [-0.05, 0) is 61.7 Å². The zero-order valence-electron chi connectivity index (χ0n) is 17.3. The van der Waals surface area contributed by atoms with E-state index in [1.807, 2.05) is 18.2 Å². The normalized spacial score (nSPS) is 19.7. The molecular weight excluding hydrogens is 448 g/mol. The van der Waals surface area contributed by atoms with E-state index in [9.17, 15) is 4.39 Å². The summed E-state index contributed by atoms with van der Waals surface area (Å²) in [6.07, 6.45) is 3.78. The van der Waals surface area contributed by atoms with Crippen molar-refractivity contribution < 1.29 is 4.39 Å². The van der Waals surface area contributed by atoms with Crippen molar-refractivity contribution in [2.45, 2.75) is 25.3 Å². The van der Waals surface area contributed by atoms with Crippen LogP contribution in [-0.4, -0.2) is 28.8 Å². The fourth-order valence-corrected chi connectivity index (χ4v) is 4.97. The van der Waals surface area contributed by atoms with Crippen LogP contribution in [0.1, 0.15) is 35.6 Å². The van der Waals surface area contributed by atoms with Gasteiger partial charge in [-0.2, -0.15) is 0 Å². The predicted molar refractivity (Wildman–Crippen MR) is 127 cm³/mol. The van der Waals surface area contributed by atoms with Gasteiger partial charge in [0.25, 0.3) is 0 Å². The first-order valence-corrected chi connectivity index (χ1v) is 11.4. The molecule has 0 aliphatic carbocycles. The number of hydrogen-bond acceptors (Lipinski definition) is 5. The van der Waals surface area contributed by atoms with Crippen molar-refractivity contribution >= 4 is 40.5 Å². The zero-order valence-corrected chi connectivity index (χ0v) is 18.8. The average molecular weight is 470 g/mol. The molecule has 1 fully saturated rings. The fourth-order valence-electron chi connectivity index (χ4n) is 4.38. The van der Waals surface area contributed by atoms with Crippen LogP contribution >= 0.6 is 23.2 Å². The SMILES string of the molecule is Fc1ccc(CNc2ncc3c(n2)C(C[C@H]2CCNC2)C(c2c(Cl)cccc2Cl)=N3)cc1. The van der Waals surface area contributed by atoms with Crippen LogP contribution in [-0.2, 0) is 6.54 Å². The van der Waals surface area contributed by atoms with Gasteiger partial charge in [0.1, 0.15) is 11.5 Å². The molecule has 0 saturated carbocycles. The van der Waals surface area contributed by atoms with Crippen LogP contribution in [0.25, 0.3) is 0 Å². The Bertz CT molecular complexity index is 1140. The van der Waals surface area contributed by atoms with Gasteiger partial charge in [0.05, 0.1) is 27.6 Å². The molecule has 2 aliphatic heterocycles. The molecule has 1 unspecified atom stereocenters. The quantitative estimate of drug-likeness (QED) is 0.482. The molecule has 3 aromatic rings. The monoisotopic (exact) mass is 469 g/mol. The standard InChI is InChI=1S/C24H22Cl2FN5/c25-18-2-1-3-19(26)21(18)23-17(10-15-8-9-28-11-15)22-20(31-23)13-30-24(32-22)29-12-14-4-6-16(27)7-5-14/h1-7,13,15,17,28H,8-12H2,(H,29,30,32)/t15-,17?/m1/s1. The number of rotatable bonds is 6. The van der Waals surface area contributed by atoms with E-state index in [0.29, 0.717) is 28.5 Å². The van der Waals surface area contributed by atoms with Crippen molar-refractivity contribution in [1.29, 1.82) is 0 Å². The third-order valence-corrected chi connectivity index (χ3v) is 6.64. The number of aliphatic imine (C=N–C) groups is 1. The van der Waals surface area contributed by atoms with Gasteiger partial charge in [-0.15, -0.1) is 0 Å². The Hall–Kier alpha value is -2.54. The molecule has 2 N–H and O–H groups in total. The number of anilines is 1. The van der Waals surface area contributed by atoms with Crippen molar-refractivity contribution in [2.24, 2.45) is 10.9 Å². The third-order valence-electron chi connectivity index (χ3n) is 6.01. The first kappa shape index (κ1) is 21.3. The molecule has 0 radical (unpaired) electrons. The van der Waals surface area contributed by atoms with Gasteiger partial charge in [-0.25, -0.2) is 19.4 Å². The molecule has 0 amide bonds. The minimum absolute atomic E-state index is 0.0123. The number of benzene rings is 2. The van der Waals surface area contributed by atoms with Crippen molar-refractivity contribution in [3.63, 3.8) is 0 Å². The van der Waals surface area contributed by atoms with Crippen molar-refractivity contribution in [1.82, 2.24) is 15.3 Å². The topological polar surface area (TPSA) is 62.2 Å². The highest BCUT2D eigenvalue weighted by Crippen LogP contribution is 2.43. The summed E-state index contributed by atoms with van der Waals surface area (Å²) in [5, 5.41) is 7.85. The fraction of sp³-hybridized carbons (Fsp3) is 0.292. The smallest absolute Gasteiger partial charge is 0.223 e. The van der Waals surface area contributed by atoms with Crippen molar-refractivity contribution in [3.8, 4) is 0 Å². The summed E-state index contributed by atoms with van der Waals surface area (Å²) in [6, 6.07) is 11.9. The second-order valence-corrected chi connectivity index (χ2v) is 9.00. The Kier molecular flexibility index (Phi) is 6.09. The van der Waals surface area contributed by atoms with Crippen LogP contribution < -0.4 is 10.6 Å². The lowest BCUT2D eigenvalue weighted by molar-refractivity contribution is 0.514. The molecule has 2 atom stereocenters. The lowest BCUT2D eigenvalue weighted by atomic mass is 9.86. The molecule has 1 saturated heterocycles. The van der Waals surface area contributed by atoms with Gasteiger partial charge in [0, 0.05) is 18.0 Å². The number of fused-ring (bicyclic) bond motifs is 1. The van der Waals surface area contributed by atoms with Gasteiger partial charge < -0.3 is 10.6 Å². The van der Waals surface area contributed by atoms with E-state index in [4.69, 9.17) is 33.2 Å². The summed E-state index contributed by atoms with van der Waals surface area (Å²) in [4.78, 5) is 14.1. The molecule has 1 aromatic heterocycles. The molecule has 0 spiro atoms. The zero-order chi connectivity index (χ0) is 22.1. The van der Waals surface area contributed by atoms with E-state index >= 15 is 0 Å². The Labute approximate surface area is 196 Å². The number of halogens is 3. The molecule has 8 heteroatoms.